The van der Waals surface area contributed by atoms with E-state index in [1.807, 2.05) is 79.1 Å². The molecule has 1 atom stereocenters. The van der Waals surface area contributed by atoms with Crippen molar-refractivity contribution in [3.63, 3.8) is 0 Å². The third-order valence-electron chi connectivity index (χ3n) is 12.3. The van der Waals surface area contributed by atoms with Gasteiger partial charge in [0.15, 0.2) is 0 Å². The monoisotopic (exact) mass is 887 g/mol. The molecule has 16 heteroatoms. The normalized spacial score (nSPS) is 17.6. The number of ether oxygens (including phenoxy) is 4. The number of rotatable bonds is 12. The van der Waals surface area contributed by atoms with E-state index in [9.17, 15) is 4.79 Å². The number of methoxy groups -OCH3 is 2. The molecule has 0 unspecified atom stereocenters. The predicted octanol–water partition coefficient (Wildman–Crippen LogP) is 9.65. The number of anilines is 2. The summed E-state index contributed by atoms with van der Waals surface area (Å²) in [6.07, 6.45) is -0.726. The third-order valence-corrected chi connectivity index (χ3v) is 12.6. The number of fused-ring (bicyclic) bond motifs is 1. The van der Waals surface area contributed by atoms with Crippen LogP contribution in [0.25, 0.3) is 22.2 Å². The molecule has 5 aromatic rings. The Morgan fingerprint density at radius 1 is 0.841 bits per heavy atom. The maximum Gasteiger partial charge on any atom is 0.418 e. The number of nitrogens with zero attached hydrogens (tertiary/aromatic N) is 7. The van der Waals surface area contributed by atoms with Gasteiger partial charge in [-0.3, -0.25) is 4.90 Å². The third kappa shape index (κ3) is 9.84. The number of carbonyl (C=O) groups is 1. The van der Waals surface area contributed by atoms with Crippen LogP contribution in [0.3, 0.4) is 0 Å². The molecule has 4 heterocycles. The fourth-order valence-corrected chi connectivity index (χ4v) is 8.76. The molecule has 0 N–H and O–H groups in total. The first-order chi connectivity index (χ1) is 30.0. The number of pyridine rings is 1. The van der Waals surface area contributed by atoms with Gasteiger partial charge in [0.2, 0.25) is 0 Å². The van der Waals surface area contributed by atoms with Crippen LogP contribution in [0.1, 0.15) is 63.1 Å². The topological polar surface area (TPSA) is 106 Å². The summed E-state index contributed by atoms with van der Waals surface area (Å²) in [4.78, 5) is 35.4. The van der Waals surface area contributed by atoms with Crippen LogP contribution in [0.2, 0.25) is 5.02 Å². The van der Waals surface area contributed by atoms with Crippen LogP contribution < -0.4 is 24.0 Å². The Morgan fingerprint density at radius 3 is 2.00 bits per heavy atom. The summed E-state index contributed by atoms with van der Waals surface area (Å²) < 4.78 is 67.8. The van der Waals surface area contributed by atoms with E-state index >= 15 is 13.2 Å². The number of benzene rings is 3. The van der Waals surface area contributed by atoms with Gasteiger partial charge in [-0.05, 0) is 113 Å². The Hall–Kier alpha value is -5.54. The second-order valence-electron chi connectivity index (χ2n) is 17.6. The molecule has 12 nitrogen and oxygen atoms in total. The van der Waals surface area contributed by atoms with Crippen molar-refractivity contribution in [1.82, 2.24) is 24.8 Å². The summed E-state index contributed by atoms with van der Waals surface area (Å²) in [6.45, 7) is 8.06. The molecule has 1 spiro atoms. The van der Waals surface area contributed by atoms with Gasteiger partial charge in [0.1, 0.15) is 35.3 Å². The molecule has 3 fully saturated rings. The number of amides is 1. The van der Waals surface area contributed by atoms with Crippen molar-refractivity contribution in [2.24, 2.45) is 0 Å². The molecule has 63 heavy (non-hydrogen) atoms. The summed E-state index contributed by atoms with van der Waals surface area (Å²) in [5.41, 5.74) is 0.531. The maximum absolute atomic E-state index is 15.0. The molecule has 8 rings (SSSR count). The number of likely N-dealkylation sites (tertiary alicyclic amines) is 1. The van der Waals surface area contributed by atoms with Crippen molar-refractivity contribution in [3.8, 4) is 28.8 Å². The first-order valence-corrected chi connectivity index (χ1v) is 21.6. The highest BCUT2D eigenvalue weighted by molar-refractivity contribution is 6.34. The predicted molar refractivity (Wildman–Crippen MR) is 237 cm³/mol. The lowest BCUT2D eigenvalue weighted by Crippen LogP contribution is -2.50. The highest BCUT2D eigenvalue weighted by Gasteiger charge is 2.52. The van der Waals surface area contributed by atoms with Gasteiger partial charge in [-0.2, -0.15) is 23.1 Å². The lowest BCUT2D eigenvalue weighted by molar-refractivity contribution is -0.137. The van der Waals surface area contributed by atoms with Crippen molar-refractivity contribution >= 4 is 40.2 Å². The number of halogens is 4. The Labute approximate surface area is 370 Å². The van der Waals surface area contributed by atoms with E-state index in [1.165, 1.54) is 18.9 Å². The minimum atomic E-state index is -4.76. The minimum absolute atomic E-state index is 0.0442. The molecule has 1 saturated carbocycles. The van der Waals surface area contributed by atoms with E-state index in [4.69, 9.17) is 45.5 Å². The summed E-state index contributed by atoms with van der Waals surface area (Å²) in [7, 11) is 5.31. The summed E-state index contributed by atoms with van der Waals surface area (Å²) >= 11 is 7.06. The van der Waals surface area contributed by atoms with Crippen LogP contribution in [0.5, 0.6) is 17.5 Å². The SMILES string of the molecule is COc1ccc(CN(Cc2ccc(OC)cc2)c2ccc(C(F)(F)F)c(-c3cc4nc(OC[C@@H]5CCC6(CC6)N5C)nc(N5CCN(C(=O)OC(C)(C)C)CC5)c4cc3Cl)n2)cc1. The van der Waals surface area contributed by atoms with Crippen LogP contribution >= 0.6 is 11.6 Å². The smallest absolute Gasteiger partial charge is 0.418 e. The second kappa shape index (κ2) is 17.6. The van der Waals surface area contributed by atoms with Crippen molar-refractivity contribution < 1.29 is 36.9 Å². The summed E-state index contributed by atoms with van der Waals surface area (Å²) in [6, 6.07) is 20.9. The number of hydrogen-bond donors (Lipinski definition) is 0. The molecule has 2 saturated heterocycles. The molecule has 1 aliphatic carbocycles. The minimum Gasteiger partial charge on any atom is -0.497 e. The highest BCUT2D eigenvalue weighted by atomic mass is 35.5. The quantitative estimate of drug-likeness (QED) is 0.120. The van der Waals surface area contributed by atoms with Gasteiger partial charge in [-0.1, -0.05) is 35.9 Å². The Balaban J connectivity index is 1.18. The fourth-order valence-electron chi connectivity index (χ4n) is 8.51. The Bertz CT molecular complexity index is 2390. The largest absolute Gasteiger partial charge is 0.497 e. The van der Waals surface area contributed by atoms with Crippen LogP contribution in [0.15, 0.2) is 72.8 Å². The Kier molecular flexibility index (Phi) is 12.3. The molecule has 3 aliphatic rings. The fraction of sp³-hybridized carbons (Fsp3) is 0.447. The average molecular weight is 888 g/mol. The zero-order chi connectivity index (χ0) is 44.7. The summed E-state index contributed by atoms with van der Waals surface area (Å²) in [5, 5.41) is 0.574. The van der Waals surface area contributed by atoms with Gasteiger partial charge in [0.25, 0.3) is 0 Å². The molecule has 0 radical (unpaired) electrons. The zero-order valence-electron chi connectivity index (χ0n) is 36.5. The number of likely N-dealkylation sites (N-methyl/N-ethyl adjacent to an activating group) is 1. The van der Waals surface area contributed by atoms with E-state index in [0.29, 0.717) is 79.9 Å². The van der Waals surface area contributed by atoms with Crippen LogP contribution in [-0.4, -0.2) is 102 Å². The van der Waals surface area contributed by atoms with E-state index in [2.05, 4.69) is 11.9 Å². The highest BCUT2D eigenvalue weighted by Crippen LogP contribution is 2.51. The first-order valence-electron chi connectivity index (χ1n) is 21.2. The first kappa shape index (κ1) is 44.1. The molecule has 1 amide bonds. The standard InChI is InChI=1S/C47H53ClF3N7O5/c1-45(2,3)63-44(59)57-23-21-56(22-24-57)42-36-25-38(48)35(26-39(36)52-43(54-42)62-29-32-17-18-46(19-20-46)55(32)4)41-37(47(49,50)51)15-16-40(53-41)58(27-30-7-11-33(60-5)12-8-30)28-31-9-13-34(61-6)14-10-31/h7-16,25-26,32H,17-24,27-29H2,1-6H3/t32-/m0/s1. The Morgan fingerprint density at radius 2 is 1.46 bits per heavy atom. The zero-order valence-corrected chi connectivity index (χ0v) is 37.2. The number of carbonyl (C=O) groups excluding carboxylic acids is 1. The van der Waals surface area contributed by atoms with Crippen LogP contribution in [0, 0.1) is 0 Å². The summed E-state index contributed by atoms with van der Waals surface area (Å²) in [5.74, 6) is 2.18. The van der Waals surface area contributed by atoms with Crippen molar-refractivity contribution in [1.29, 1.82) is 0 Å². The number of aromatic nitrogens is 3. The molecule has 334 valence electrons. The van der Waals surface area contributed by atoms with Crippen molar-refractivity contribution in [2.75, 3.05) is 63.9 Å². The van der Waals surface area contributed by atoms with Crippen LogP contribution in [-0.2, 0) is 24.0 Å². The average Bonchev–Trinajstić information content (AvgIpc) is 3.99. The molecule has 2 aliphatic heterocycles. The van der Waals surface area contributed by atoms with E-state index in [-0.39, 0.29) is 33.9 Å². The van der Waals surface area contributed by atoms with Gasteiger partial charge < -0.3 is 33.6 Å². The van der Waals surface area contributed by atoms with Crippen LogP contribution in [0.4, 0.5) is 29.6 Å². The lowest BCUT2D eigenvalue weighted by atomic mass is 10.0. The maximum atomic E-state index is 15.0. The van der Waals surface area contributed by atoms with Gasteiger partial charge in [0, 0.05) is 61.8 Å². The van der Waals surface area contributed by atoms with Crippen molar-refractivity contribution in [3.05, 3.63) is 94.5 Å². The van der Waals surface area contributed by atoms with Gasteiger partial charge in [-0.15, -0.1) is 0 Å². The van der Waals surface area contributed by atoms with E-state index in [0.717, 1.165) is 30.0 Å². The van der Waals surface area contributed by atoms with Gasteiger partial charge >= 0.3 is 18.3 Å². The number of alkyl halides is 3. The second-order valence-corrected chi connectivity index (χ2v) is 18.0. The molecular weight excluding hydrogens is 835 g/mol. The molecule has 2 aromatic heterocycles. The van der Waals surface area contributed by atoms with Gasteiger partial charge in [-0.25, -0.2) is 9.78 Å². The lowest BCUT2D eigenvalue weighted by Gasteiger charge is -2.36. The molecule has 3 aromatic carbocycles. The molecular formula is C47H53ClF3N7O5. The number of hydrogen-bond acceptors (Lipinski definition) is 11. The van der Waals surface area contributed by atoms with Crippen molar-refractivity contribution in [2.45, 2.75) is 82.9 Å². The van der Waals surface area contributed by atoms with E-state index < -0.39 is 23.4 Å². The van der Waals surface area contributed by atoms with Gasteiger partial charge in [0.05, 0.1) is 36.0 Å². The number of piperazine rings is 1. The molecule has 0 bridgehead atoms. The van der Waals surface area contributed by atoms with E-state index in [1.54, 1.807) is 31.3 Å².